The largest absolute Gasteiger partial charge is 0.338 e. The van der Waals surface area contributed by atoms with E-state index in [-0.39, 0.29) is 11.9 Å². The molecule has 1 atom stereocenters. The first-order valence-electron chi connectivity index (χ1n) is 8.65. The smallest absolute Gasteiger partial charge is 0.227 e. The summed E-state index contributed by atoms with van der Waals surface area (Å²) in [6.07, 6.45) is 9.93. The number of carbonyl (C=O) groups is 1. The van der Waals surface area contributed by atoms with Crippen molar-refractivity contribution in [3.63, 3.8) is 0 Å². The third-order valence-electron chi connectivity index (χ3n) is 4.67. The monoisotopic (exact) mass is 335 g/mol. The lowest BCUT2D eigenvalue weighted by molar-refractivity contribution is -0.131. The first-order chi connectivity index (χ1) is 12.3. The maximum Gasteiger partial charge on any atom is 0.227 e. The average Bonchev–Trinajstić information content (AvgIpc) is 3.38. The Morgan fingerprint density at radius 2 is 2.04 bits per heavy atom. The summed E-state index contributed by atoms with van der Waals surface area (Å²) in [6, 6.07) is 12.1. The van der Waals surface area contributed by atoms with E-state index in [0.29, 0.717) is 6.42 Å². The molecule has 6 heteroatoms. The zero-order chi connectivity index (χ0) is 17.1. The highest BCUT2D eigenvalue weighted by Crippen LogP contribution is 2.20. The highest BCUT2D eigenvalue weighted by molar-refractivity contribution is 5.79. The minimum absolute atomic E-state index is 0.169. The van der Waals surface area contributed by atoms with Crippen LogP contribution in [0.1, 0.15) is 18.4 Å². The molecule has 1 aromatic carbocycles. The number of hydrogen-bond donors (Lipinski definition) is 0. The molecule has 1 aliphatic heterocycles. The topological polar surface area (TPSA) is 56.0 Å². The molecule has 25 heavy (non-hydrogen) atoms. The lowest BCUT2D eigenvalue weighted by Crippen LogP contribution is -2.39. The van der Waals surface area contributed by atoms with Crippen molar-refractivity contribution < 1.29 is 4.79 Å². The molecule has 1 aliphatic rings. The molecule has 0 bridgehead atoms. The van der Waals surface area contributed by atoms with E-state index in [4.69, 9.17) is 0 Å². The van der Waals surface area contributed by atoms with Crippen molar-refractivity contribution in [3.05, 3.63) is 66.7 Å². The number of benzene rings is 1. The van der Waals surface area contributed by atoms with E-state index in [1.54, 1.807) is 12.4 Å². The van der Waals surface area contributed by atoms with E-state index in [1.807, 2.05) is 63.1 Å². The Hall–Kier alpha value is -2.89. The minimum atomic E-state index is 0.169. The Balaban J connectivity index is 1.42. The Morgan fingerprint density at radius 3 is 2.84 bits per heavy atom. The highest BCUT2D eigenvalue weighted by Gasteiger charge is 2.29. The molecule has 3 aromatic rings. The fourth-order valence-corrected chi connectivity index (χ4v) is 3.43. The molecular weight excluding hydrogens is 314 g/mol. The quantitative estimate of drug-likeness (QED) is 0.719. The van der Waals surface area contributed by atoms with Gasteiger partial charge in [0.2, 0.25) is 5.91 Å². The van der Waals surface area contributed by atoms with Crippen LogP contribution >= 0.6 is 0 Å². The van der Waals surface area contributed by atoms with E-state index in [2.05, 4.69) is 10.2 Å². The molecule has 0 radical (unpaired) electrons. The standard InChI is InChI=1S/C19H21N5O/c25-19(23-11-4-8-18(23)15-22-10-5-9-20-22)12-16-13-21-24(14-16)17-6-2-1-3-7-17/h1-3,5-7,9-10,13-14,18H,4,8,11-12,15H2. The molecular formula is C19H21N5O. The predicted molar refractivity (Wildman–Crippen MR) is 94.2 cm³/mol. The van der Waals surface area contributed by atoms with Gasteiger partial charge in [0.25, 0.3) is 0 Å². The predicted octanol–water partition coefficient (Wildman–Crippen LogP) is 2.30. The van der Waals surface area contributed by atoms with E-state index in [0.717, 1.165) is 37.2 Å². The van der Waals surface area contributed by atoms with E-state index < -0.39 is 0 Å². The van der Waals surface area contributed by atoms with Gasteiger partial charge in [-0.25, -0.2) is 4.68 Å². The van der Waals surface area contributed by atoms with Gasteiger partial charge in [-0.05, 0) is 36.6 Å². The number of likely N-dealkylation sites (tertiary alicyclic amines) is 1. The van der Waals surface area contributed by atoms with Crippen molar-refractivity contribution in [2.75, 3.05) is 6.54 Å². The number of rotatable bonds is 5. The van der Waals surface area contributed by atoms with Gasteiger partial charge in [-0.3, -0.25) is 9.48 Å². The number of aromatic nitrogens is 4. The summed E-state index contributed by atoms with van der Waals surface area (Å²) < 4.78 is 3.72. The van der Waals surface area contributed by atoms with Crippen LogP contribution in [-0.4, -0.2) is 43.0 Å². The van der Waals surface area contributed by atoms with E-state index in [9.17, 15) is 4.79 Å². The molecule has 1 unspecified atom stereocenters. The van der Waals surface area contributed by atoms with Crippen molar-refractivity contribution in [3.8, 4) is 5.69 Å². The van der Waals surface area contributed by atoms with Gasteiger partial charge >= 0.3 is 0 Å². The highest BCUT2D eigenvalue weighted by atomic mass is 16.2. The van der Waals surface area contributed by atoms with Gasteiger partial charge in [-0.15, -0.1) is 0 Å². The summed E-state index contributed by atoms with van der Waals surface area (Å²) in [4.78, 5) is 14.8. The molecule has 0 saturated carbocycles. The van der Waals surface area contributed by atoms with Gasteiger partial charge in [0.1, 0.15) is 0 Å². The summed E-state index contributed by atoms with van der Waals surface area (Å²) in [5, 5.41) is 8.64. The second kappa shape index (κ2) is 6.93. The number of carbonyl (C=O) groups excluding carboxylic acids is 1. The SMILES string of the molecule is O=C(Cc1cnn(-c2ccccc2)c1)N1CCCC1Cn1cccn1. The molecule has 1 fully saturated rings. The first kappa shape index (κ1) is 15.6. The summed E-state index contributed by atoms with van der Waals surface area (Å²) >= 11 is 0. The van der Waals surface area contributed by atoms with Gasteiger partial charge in [0.15, 0.2) is 0 Å². The Labute approximate surface area is 146 Å². The zero-order valence-corrected chi connectivity index (χ0v) is 14.0. The Morgan fingerprint density at radius 1 is 1.16 bits per heavy atom. The minimum Gasteiger partial charge on any atom is -0.338 e. The van der Waals surface area contributed by atoms with E-state index in [1.165, 1.54) is 0 Å². The number of para-hydroxylation sites is 1. The van der Waals surface area contributed by atoms with Crippen molar-refractivity contribution in [1.82, 2.24) is 24.5 Å². The van der Waals surface area contributed by atoms with Crippen LogP contribution in [-0.2, 0) is 17.8 Å². The van der Waals surface area contributed by atoms with Crippen LogP contribution in [0.3, 0.4) is 0 Å². The van der Waals surface area contributed by atoms with Gasteiger partial charge in [0.05, 0.1) is 30.9 Å². The van der Waals surface area contributed by atoms with Gasteiger partial charge in [0, 0.05) is 25.1 Å². The zero-order valence-electron chi connectivity index (χ0n) is 14.0. The molecule has 0 N–H and O–H groups in total. The molecule has 1 saturated heterocycles. The molecule has 1 amide bonds. The molecule has 6 nitrogen and oxygen atoms in total. The van der Waals surface area contributed by atoms with Crippen molar-refractivity contribution >= 4 is 5.91 Å². The summed E-state index contributed by atoms with van der Waals surface area (Å²) in [7, 11) is 0. The van der Waals surface area contributed by atoms with Crippen molar-refractivity contribution in [1.29, 1.82) is 0 Å². The van der Waals surface area contributed by atoms with Crippen LogP contribution in [0.15, 0.2) is 61.2 Å². The average molecular weight is 335 g/mol. The number of amides is 1. The molecule has 4 rings (SSSR count). The third-order valence-corrected chi connectivity index (χ3v) is 4.67. The Kier molecular flexibility index (Phi) is 4.33. The lowest BCUT2D eigenvalue weighted by Gasteiger charge is -2.24. The fourth-order valence-electron chi connectivity index (χ4n) is 3.43. The van der Waals surface area contributed by atoms with Crippen molar-refractivity contribution in [2.24, 2.45) is 0 Å². The van der Waals surface area contributed by atoms with Gasteiger partial charge < -0.3 is 4.90 Å². The summed E-state index contributed by atoms with van der Waals surface area (Å²) in [6.45, 7) is 1.60. The molecule has 0 aliphatic carbocycles. The molecule has 128 valence electrons. The second-order valence-electron chi connectivity index (χ2n) is 6.42. The molecule has 0 spiro atoms. The molecule has 2 aromatic heterocycles. The Bertz CT molecular complexity index is 825. The van der Waals surface area contributed by atoms with E-state index >= 15 is 0 Å². The van der Waals surface area contributed by atoms with Gasteiger partial charge in [-0.1, -0.05) is 18.2 Å². The van der Waals surface area contributed by atoms with Crippen molar-refractivity contribution in [2.45, 2.75) is 31.8 Å². The van der Waals surface area contributed by atoms with Crippen LogP contribution in [0.5, 0.6) is 0 Å². The fraction of sp³-hybridized carbons (Fsp3) is 0.316. The number of nitrogens with zero attached hydrogens (tertiary/aromatic N) is 5. The normalized spacial score (nSPS) is 17.1. The summed E-state index contributed by atoms with van der Waals surface area (Å²) in [5.74, 6) is 0.169. The van der Waals surface area contributed by atoms with Crippen LogP contribution in [0.2, 0.25) is 0 Å². The van der Waals surface area contributed by atoms with Crippen LogP contribution < -0.4 is 0 Å². The third kappa shape index (κ3) is 3.47. The maximum atomic E-state index is 12.8. The maximum absolute atomic E-state index is 12.8. The van der Waals surface area contributed by atoms with Crippen LogP contribution in [0, 0.1) is 0 Å². The molecule has 3 heterocycles. The second-order valence-corrected chi connectivity index (χ2v) is 6.42. The lowest BCUT2D eigenvalue weighted by atomic mass is 10.2. The van der Waals surface area contributed by atoms with Gasteiger partial charge in [-0.2, -0.15) is 10.2 Å². The first-order valence-corrected chi connectivity index (χ1v) is 8.65. The van der Waals surface area contributed by atoms with Crippen LogP contribution in [0.25, 0.3) is 5.69 Å². The number of hydrogen-bond acceptors (Lipinski definition) is 3. The van der Waals surface area contributed by atoms with Crippen LogP contribution in [0.4, 0.5) is 0 Å². The summed E-state index contributed by atoms with van der Waals surface area (Å²) in [5.41, 5.74) is 1.94.